The molecule has 1 amide bonds. The molecule has 0 aromatic heterocycles. The number of carbonyl (C=O) groups excluding carboxylic acids is 1. The van der Waals surface area contributed by atoms with Crippen molar-refractivity contribution < 1.29 is 28.2 Å². The molecular formula is C24H21F2NO4. The first kappa shape index (κ1) is 22.0. The van der Waals surface area contributed by atoms with Gasteiger partial charge in [-0.3, -0.25) is 4.79 Å². The second-order valence-electron chi connectivity index (χ2n) is 7.00. The van der Waals surface area contributed by atoms with Gasteiger partial charge in [-0.15, -0.1) is 0 Å². The molecule has 0 saturated heterocycles. The molecule has 3 rings (SSSR count). The minimum Gasteiger partial charge on any atom is -0.489 e. The third-order valence-electron chi connectivity index (χ3n) is 4.59. The summed E-state index contributed by atoms with van der Waals surface area (Å²) in [7, 11) is 0. The first-order chi connectivity index (χ1) is 14.9. The Morgan fingerprint density at radius 1 is 0.935 bits per heavy atom. The highest BCUT2D eigenvalue weighted by molar-refractivity contribution is 5.85. The molecule has 3 aromatic carbocycles. The smallest absolute Gasteiger partial charge is 0.326 e. The monoisotopic (exact) mass is 425 g/mol. The van der Waals surface area contributed by atoms with Gasteiger partial charge in [-0.1, -0.05) is 48.5 Å². The Labute approximate surface area is 178 Å². The van der Waals surface area contributed by atoms with Crippen molar-refractivity contribution in [3.8, 4) is 5.75 Å². The number of carboxylic acid groups (broad SMARTS) is 1. The van der Waals surface area contributed by atoms with Crippen LogP contribution in [0, 0.1) is 11.6 Å². The van der Waals surface area contributed by atoms with E-state index in [0.29, 0.717) is 24.0 Å². The molecule has 0 heterocycles. The summed E-state index contributed by atoms with van der Waals surface area (Å²) >= 11 is 0. The average Bonchev–Trinajstić information content (AvgIpc) is 2.75. The Balaban J connectivity index is 1.61. The first-order valence-electron chi connectivity index (χ1n) is 9.62. The molecular weight excluding hydrogens is 404 g/mol. The normalized spacial score (nSPS) is 11.5. The Bertz CT molecular complexity index is 1060. The number of hydrogen-bond donors (Lipinski definition) is 2. The molecule has 2 N–H and O–H groups in total. The fraction of sp³-hybridized carbons (Fsp3) is 0.167. The van der Waals surface area contributed by atoms with Crippen LogP contribution >= 0.6 is 0 Å². The Kier molecular flexibility index (Phi) is 7.32. The number of nitrogens with one attached hydrogen (secondary N) is 1. The van der Waals surface area contributed by atoms with Gasteiger partial charge in [-0.05, 0) is 34.9 Å². The minimum absolute atomic E-state index is 0.0145. The van der Waals surface area contributed by atoms with Crippen LogP contribution < -0.4 is 10.1 Å². The Hall–Kier alpha value is -3.74. The van der Waals surface area contributed by atoms with E-state index in [9.17, 15) is 23.5 Å². The van der Waals surface area contributed by atoms with Crippen LogP contribution in [-0.4, -0.2) is 23.0 Å². The van der Waals surface area contributed by atoms with Crippen LogP contribution in [0.2, 0.25) is 0 Å². The van der Waals surface area contributed by atoms with Gasteiger partial charge < -0.3 is 15.2 Å². The third-order valence-corrected chi connectivity index (χ3v) is 4.59. The van der Waals surface area contributed by atoms with Crippen LogP contribution in [0.5, 0.6) is 5.75 Å². The average molecular weight is 425 g/mol. The van der Waals surface area contributed by atoms with Gasteiger partial charge in [0.05, 0.1) is 6.42 Å². The molecule has 3 aromatic rings. The van der Waals surface area contributed by atoms with Crippen molar-refractivity contribution in [2.24, 2.45) is 0 Å². The number of carbonyl (C=O) groups is 2. The van der Waals surface area contributed by atoms with Gasteiger partial charge in [-0.2, -0.15) is 0 Å². The summed E-state index contributed by atoms with van der Waals surface area (Å²) in [6.45, 7) is 0.368. The number of halogens is 2. The van der Waals surface area contributed by atoms with E-state index in [1.807, 2.05) is 30.3 Å². The van der Waals surface area contributed by atoms with E-state index in [1.165, 1.54) is 0 Å². The fourth-order valence-electron chi connectivity index (χ4n) is 3.02. The number of carboxylic acids is 1. The van der Waals surface area contributed by atoms with Crippen molar-refractivity contribution in [2.75, 3.05) is 0 Å². The lowest BCUT2D eigenvalue weighted by molar-refractivity contribution is -0.141. The summed E-state index contributed by atoms with van der Waals surface area (Å²) in [5.74, 6) is -2.92. The Morgan fingerprint density at radius 3 is 2.39 bits per heavy atom. The molecule has 5 nitrogen and oxygen atoms in total. The molecule has 31 heavy (non-hydrogen) atoms. The molecule has 0 aliphatic carbocycles. The van der Waals surface area contributed by atoms with Crippen LogP contribution in [0.4, 0.5) is 8.78 Å². The van der Waals surface area contributed by atoms with E-state index >= 15 is 0 Å². The lowest BCUT2D eigenvalue weighted by atomic mass is 10.0. The summed E-state index contributed by atoms with van der Waals surface area (Å²) in [6, 6.07) is 18.2. The summed E-state index contributed by atoms with van der Waals surface area (Å²) in [5, 5.41) is 11.9. The molecule has 0 aliphatic heterocycles. The number of amides is 1. The number of aliphatic carboxylic acids is 1. The second-order valence-corrected chi connectivity index (χ2v) is 7.00. The van der Waals surface area contributed by atoms with Crippen molar-refractivity contribution in [3.05, 3.63) is 101 Å². The van der Waals surface area contributed by atoms with E-state index in [2.05, 4.69) is 5.32 Å². The number of rotatable bonds is 9. The highest BCUT2D eigenvalue weighted by atomic mass is 19.1. The second kappa shape index (κ2) is 10.3. The molecule has 160 valence electrons. The predicted molar refractivity (Wildman–Crippen MR) is 111 cm³/mol. The zero-order valence-corrected chi connectivity index (χ0v) is 16.6. The molecule has 0 saturated carbocycles. The van der Waals surface area contributed by atoms with E-state index in [-0.39, 0.29) is 12.0 Å². The highest BCUT2D eigenvalue weighted by Gasteiger charge is 2.21. The SMILES string of the molecule is O=C(Cc1ccc(F)cc1F)N[C@@H](Cc1cccc(OCc2ccccc2)c1)C(=O)O. The lowest BCUT2D eigenvalue weighted by Gasteiger charge is -2.16. The van der Waals surface area contributed by atoms with Crippen molar-refractivity contribution in [1.82, 2.24) is 5.32 Å². The van der Waals surface area contributed by atoms with E-state index in [4.69, 9.17) is 4.74 Å². The molecule has 0 bridgehead atoms. The van der Waals surface area contributed by atoms with Gasteiger partial charge in [0.1, 0.15) is 30.0 Å². The van der Waals surface area contributed by atoms with Crippen molar-refractivity contribution in [2.45, 2.75) is 25.5 Å². The molecule has 7 heteroatoms. The van der Waals surface area contributed by atoms with Gasteiger partial charge in [-0.25, -0.2) is 13.6 Å². The van der Waals surface area contributed by atoms with E-state index < -0.39 is 36.0 Å². The van der Waals surface area contributed by atoms with Gasteiger partial charge in [0, 0.05) is 12.5 Å². The van der Waals surface area contributed by atoms with Gasteiger partial charge >= 0.3 is 5.97 Å². The van der Waals surface area contributed by atoms with Crippen molar-refractivity contribution >= 4 is 11.9 Å². The summed E-state index contributed by atoms with van der Waals surface area (Å²) in [6.07, 6.45) is -0.369. The molecule has 0 spiro atoms. The van der Waals surface area contributed by atoms with Crippen LogP contribution in [0.3, 0.4) is 0 Å². The van der Waals surface area contributed by atoms with Crippen molar-refractivity contribution in [1.29, 1.82) is 0 Å². The quantitative estimate of drug-likeness (QED) is 0.545. The minimum atomic E-state index is -1.22. The maximum absolute atomic E-state index is 13.7. The van der Waals surface area contributed by atoms with Crippen LogP contribution in [0.1, 0.15) is 16.7 Å². The van der Waals surface area contributed by atoms with Gasteiger partial charge in [0.15, 0.2) is 0 Å². The number of hydrogen-bond acceptors (Lipinski definition) is 3. The van der Waals surface area contributed by atoms with Gasteiger partial charge in [0.2, 0.25) is 5.91 Å². The van der Waals surface area contributed by atoms with E-state index in [1.54, 1.807) is 24.3 Å². The lowest BCUT2D eigenvalue weighted by Crippen LogP contribution is -2.43. The Morgan fingerprint density at radius 2 is 1.68 bits per heavy atom. The van der Waals surface area contributed by atoms with Crippen LogP contribution in [-0.2, 0) is 29.0 Å². The van der Waals surface area contributed by atoms with Crippen LogP contribution in [0.25, 0.3) is 0 Å². The topological polar surface area (TPSA) is 75.6 Å². The maximum atomic E-state index is 13.7. The molecule has 0 radical (unpaired) electrons. The zero-order chi connectivity index (χ0) is 22.2. The maximum Gasteiger partial charge on any atom is 0.326 e. The van der Waals surface area contributed by atoms with Crippen LogP contribution in [0.15, 0.2) is 72.8 Å². The van der Waals surface area contributed by atoms with Crippen molar-refractivity contribution in [3.63, 3.8) is 0 Å². The number of ether oxygens (including phenoxy) is 1. The molecule has 0 fully saturated rings. The zero-order valence-electron chi connectivity index (χ0n) is 16.6. The number of benzene rings is 3. The summed E-state index contributed by atoms with van der Waals surface area (Å²) in [5.41, 5.74) is 1.64. The molecule has 1 atom stereocenters. The predicted octanol–water partition coefficient (Wildman–Crippen LogP) is 3.90. The summed E-state index contributed by atoms with van der Waals surface area (Å²) < 4.78 is 32.5. The first-order valence-corrected chi connectivity index (χ1v) is 9.62. The largest absolute Gasteiger partial charge is 0.489 e. The molecule has 0 aliphatic rings. The standard InChI is InChI=1S/C24H21F2NO4/c25-19-10-9-18(21(26)14-19)13-23(28)27-22(24(29)30)12-17-7-4-8-20(11-17)31-15-16-5-2-1-3-6-16/h1-11,14,22H,12-13,15H2,(H,27,28)(H,29,30)/t22-/m0/s1. The van der Waals surface area contributed by atoms with Gasteiger partial charge in [0.25, 0.3) is 0 Å². The van der Waals surface area contributed by atoms with E-state index in [0.717, 1.165) is 17.7 Å². The third kappa shape index (κ3) is 6.64. The molecule has 0 unspecified atom stereocenters. The highest BCUT2D eigenvalue weighted by Crippen LogP contribution is 2.17. The summed E-state index contributed by atoms with van der Waals surface area (Å²) in [4.78, 5) is 23.9. The fourth-order valence-corrected chi connectivity index (χ4v) is 3.02.